The molecular formula is C22H35N3O4. The van der Waals surface area contributed by atoms with Gasteiger partial charge in [-0.15, -0.1) is 0 Å². The van der Waals surface area contributed by atoms with Gasteiger partial charge in [-0.3, -0.25) is 9.69 Å². The third-order valence-corrected chi connectivity index (χ3v) is 5.16. The molecule has 0 aliphatic carbocycles. The summed E-state index contributed by atoms with van der Waals surface area (Å²) in [7, 11) is 1.63. The van der Waals surface area contributed by atoms with Crippen LogP contribution in [0, 0.1) is 5.92 Å². The van der Waals surface area contributed by atoms with Crippen LogP contribution in [0.2, 0.25) is 0 Å². The van der Waals surface area contributed by atoms with Crippen molar-refractivity contribution in [2.75, 3.05) is 26.7 Å². The van der Waals surface area contributed by atoms with Gasteiger partial charge in [-0.1, -0.05) is 18.2 Å². The number of carbonyl (C=O) groups excluding carboxylic acids is 2. The van der Waals surface area contributed by atoms with Crippen molar-refractivity contribution in [2.45, 2.75) is 58.7 Å². The highest BCUT2D eigenvalue weighted by molar-refractivity contribution is 5.81. The van der Waals surface area contributed by atoms with E-state index in [4.69, 9.17) is 9.47 Å². The Balaban J connectivity index is 1.72. The fourth-order valence-corrected chi connectivity index (χ4v) is 3.43. The molecule has 1 heterocycles. The van der Waals surface area contributed by atoms with Crippen molar-refractivity contribution in [3.8, 4) is 5.75 Å². The van der Waals surface area contributed by atoms with Gasteiger partial charge in [-0.2, -0.15) is 0 Å². The molecule has 0 aromatic heterocycles. The Labute approximate surface area is 174 Å². The van der Waals surface area contributed by atoms with Gasteiger partial charge >= 0.3 is 6.09 Å². The van der Waals surface area contributed by atoms with Crippen LogP contribution < -0.4 is 15.4 Å². The molecule has 1 aromatic carbocycles. The van der Waals surface area contributed by atoms with E-state index in [1.54, 1.807) is 7.11 Å². The predicted molar refractivity (Wildman–Crippen MR) is 113 cm³/mol. The molecule has 1 unspecified atom stereocenters. The highest BCUT2D eigenvalue weighted by Crippen LogP contribution is 2.20. The number of benzene rings is 1. The number of para-hydroxylation sites is 1. The van der Waals surface area contributed by atoms with Gasteiger partial charge in [-0.05, 0) is 65.6 Å². The molecule has 0 radical (unpaired) electrons. The zero-order valence-corrected chi connectivity index (χ0v) is 18.3. The lowest BCUT2D eigenvalue weighted by Gasteiger charge is -2.35. The molecule has 2 N–H and O–H groups in total. The molecule has 1 aromatic rings. The fourth-order valence-electron chi connectivity index (χ4n) is 3.43. The molecule has 1 aliphatic heterocycles. The number of nitrogens with one attached hydrogen (secondary N) is 2. The Morgan fingerprint density at radius 2 is 1.83 bits per heavy atom. The molecule has 1 atom stereocenters. The highest BCUT2D eigenvalue weighted by Gasteiger charge is 2.27. The van der Waals surface area contributed by atoms with Crippen molar-refractivity contribution in [3.63, 3.8) is 0 Å². The standard InChI is InChI=1S/C22H35N3O4/c1-16(20(26)23-15-18-8-6-7-9-19(18)28-5)25-12-10-17(11-13-25)14-24-21(27)29-22(2,3)4/h6-9,16-17H,10-15H2,1-5H3,(H,23,26)(H,24,27). The second-order valence-electron chi connectivity index (χ2n) is 8.57. The van der Waals surface area contributed by atoms with Crippen LogP contribution in [-0.4, -0.2) is 55.3 Å². The van der Waals surface area contributed by atoms with Gasteiger partial charge in [0.15, 0.2) is 0 Å². The Bertz CT molecular complexity index is 679. The van der Waals surface area contributed by atoms with E-state index in [0.29, 0.717) is 19.0 Å². The summed E-state index contributed by atoms with van der Waals surface area (Å²) >= 11 is 0. The molecule has 162 valence electrons. The lowest BCUT2D eigenvalue weighted by atomic mass is 9.96. The maximum Gasteiger partial charge on any atom is 0.407 e. The number of nitrogens with zero attached hydrogens (tertiary/aromatic N) is 1. The van der Waals surface area contributed by atoms with E-state index in [0.717, 1.165) is 37.2 Å². The van der Waals surface area contributed by atoms with Gasteiger partial charge < -0.3 is 20.1 Å². The van der Waals surface area contributed by atoms with Crippen molar-refractivity contribution in [1.82, 2.24) is 15.5 Å². The third-order valence-electron chi connectivity index (χ3n) is 5.16. The Kier molecular flexibility index (Phi) is 8.32. The molecule has 2 amide bonds. The smallest absolute Gasteiger partial charge is 0.407 e. The van der Waals surface area contributed by atoms with Crippen molar-refractivity contribution < 1.29 is 19.1 Å². The first kappa shape index (κ1) is 23.0. The van der Waals surface area contributed by atoms with Crippen molar-refractivity contribution >= 4 is 12.0 Å². The number of likely N-dealkylation sites (tertiary alicyclic amines) is 1. The van der Waals surface area contributed by atoms with Gasteiger partial charge in [0.2, 0.25) is 5.91 Å². The van der Waals surface area contributed by atoms with Gasteiger partial charge in [-0.25, -0.2) is 4.79 Å². The zero-order chi connectivity index (χ0) is 21.4. The molecule has 29 heavy (non-hydrogen) atoms. The van der Waals surface area contributed by atoms with Crippen LogP contribution in [0.1, 0.15) is 46.1 Å². The number of hydrogen-bond donors (Lipinski definition) is 2. The van der Waals surface area contributed by atoms with Gasteiger partial charge in [0.1, 0.15) is 11.4 Å². The minimum atomic E-state index is -0.486. The molecule has 1 aliphatic rings. The lowest BCUT2D eigenvalue weighted by Crippen LogP contribution is -2.49. The molecule has 7 heteroatoms. The number of alkyl carbamates (subject to hydrolysis) is 1. The van der Waals surface area contributed by atoms with E-state index in [9.17, 15) is 9.59 Å². The van der Waals surface area contributed by atoms with E-state index < -0.39 is 5.60 Å². The molecule has 1 fully saturated rings. The Hall–Kier alpha value is -2.28. The summed E-state index contributed by atoms with van der Waals surface area (Å²) in [5.41, 5.74) is 0.475. The minimum absolute atomic E-state index is 0.0150. The fraction of sp³-hybridized carbons (Fsp3) is 0.636. The van der Waals surface area contributed by atoms with Crippen LogP contribution in [0.4, 0.5) is 4.79 Å². The first-order valence-electron chi connectivity index (χ1n) is 10.3. The Morgan fingerprint density at radius 1 is 1.17 bits per heavy atom. The molecular weight excluding hydrogens is 370 g/mol. The van der Waals surface area contributed by atoms with E-state index >= 15 is 0 Å². The van der Waals surface area contributed by atoms with Crippen molar-refractivity contribution in [1.29, 1.82) is 0 Å². The molecule has 1 saturated heterocycles. The van der Waals surface area contributed by atoms with Crippen LogP contribution in [0.15, 0.2) is 24.3 Å². The topological polar surface area (TPSA) is 79.9 Å². The van der Waals surface area contributed by atoms with Gasteiger partial charge in [0.05, 0.1) is 13.2 Å². The number of carbonyl (C=O) groups is 2. The molecule has 2 rings (SSSR count). The molecule has 0 spiro atoms. The molecule has 0 saturated carbocycles. The van der Waals surface area contributed by atoms with Crippen molar-refractivity contribution in [2.24, 2.45) is 5.92 Å². The first-order valence-corrected chi connectivity index (χ1v) is 10.3. The van der Waals surface area contributed by atoms with Crippen LogP contribution in [-0.2, 0) is 16.1 Å². The molecule has 0 bridgehead atoms. The summed E-state index contributed by atoms with van der Waals surface area (Å²) in [6.45, 7) is 10.2. The van der Waals surface area contributed by atoms with E-state index in [-0.39, 0.29) is 18.0 Å². The van der Waals surface area contributed by atoms with Crippen LogP contribution in [0.5, 0.6) is 5.75 Å². The predicted octanol–water partition coefficient (Wildman–Crippen LogP) is 2.94. The summed E-state index contributed by atoms with van der Waals surface area (Å²) in [4.78, 5) is 26.6. The zero-order valence-electron chi connectivity index (χ0n) is 18.3. The third kappa shape index (κ3) is 7.57. The summed E-state index contributed by atoms with van der Waals surface area (Å²) in [5.74, 6) is 1.20. The quantitative estimate of drug-likeness (QED) is 0.729. The maximum atomic E-state index is 12.6. The van der Waals surface area contributed by atoms with Crippen LogP contribution in [0.3, 0.4) is 0 Å². The number of methoxy groups -OCH3 is 1. The monoisotopic (exact) mass is 405 g/mol. The number of hydrogen-bond acceptors (Lipinski definition) is 5. The van der Waals surface area contributed by atoms with E-state index in [1.165, 1.54) is 0 Å². The van der Waals surface area contributed by atoms with Gasteiger partial charge in [0.25, 0.3) is 0 Å². The summed E-state index contributed by atoms with van der Waals surface area (Å²) in [6, 6.07) is 7.50. The SMILES string of the molecule is COc1ccccc1CNC(=O)C(C)N1CCC(CNC(=O)OC(C)(C)C)CC1. The highest BCUT2D eigenvalue weighted by atomic mass is 16.6. The number of ether oxygens (including phenoxy) is 2. The average molecular weight is 406 g/mol. The Morgan fingerprint density at radius 3 is 2.45 bits per heavy atom. The number of rotatable bonds is 7. The number of piperidine rings is 1. The number of amides is 2. The normalized spacial score (nSPS) is 16.7. The van der Waals surface area contributed by atoms with Crippen molar-refractivity contribution in [3.05, 3.63) is 29.8 Å². The summed E-state index contributed by atoms with van der Waals surface area (Å²) in [6.07, 6.45) is 1.52. The second-order valence-corrected chi connectivity index (χ2v) is 8.57. The van der Waals surface area contributed by atoms with Gasteiger partial charge in [0, 0.05) is 18.7 Å². The first-order chi connectivity index (χ1) is 13.7. The second kappa shape index (κ2) is 10.5. The summed E-state index contributed by atoms with van der Waals surface area (Å²) in [5, 5.41) is 5.86. The van der Waals surface area contributed by atoms with E-state index in [2.05, 4.69) is 15.5 Å². The summed E-state index contributed by atoms with van der Waals surface area (Å²) < 4.78 is 10.6. The van der Waals surface area contributed by atoms with Crippen LogP contribution >= 0.6 is 0 Å². The molecule has 7 nitrogen and oxygen atoms in total. The van der Waals surface area contributed by atoms with E-state index in [1.807, 2.05) is 52.0 Å². The average Bonchev–Trinajstić information content (AvgIpc) is 2.69. The largest absolute Gasteiger partial charge is 0.496 e. The lowest BCUT2D eigenvalue weighted by molar-refractivity contribution is -0.126. The van der Waals surface area contributed by atoms with Crippen LogP contribution in [0.25, 0.3) is 0 Å². The minimum Gasteiger partial charge on any atom is -0.496 e. The maximum absolute atomic E-state index is 12.6.